The summed E-state index contributed by atoms with van der Waals surface area (Å²) in [5.41, 5.74) is -4.14. The van der Waals surface area contributed by atoms with Gasteiger partial charge < -0.3 is 23.8 Å². The van der Waals surface area contributed by atoms with Gasteiger partial charge in [0.2, 0.25) is 0 Å². The van der Waals surface area contributed by atoms with E-state index in [-0.39, 0.29) is 12.4 Å². The zero-order valence-corrected chi connectivity index (χ0v) is 22.9. The van der Waals surface area contributed by atoms with Gasteiger partial charge in [0.05, 0.1) is 20.3 Å². The molecule has 1 saturated heterocycles. The second-order valence-corrected chi connectivity index (χ2v) is 10.8. The average Bonchev–Trinajstić information content (AvgIpc) is 3.11. The van der Waals surface area contributed by atoms with E-state index in [4.69, 9.17) is 23.3 Å². The number of aliphatic hydroxyl groups is 1. The van der Waals surface area contributed by atoms with Crippen LogP contribution in [0.3, 0.4) is 0 Å². The summed E-state index contributed by atoms with van der Waals surface area (Å²) in [6.07, 6.45) is -2.39. The van der Waals surface area contributed by atoms with Crippen molar-refractivity contribution >= 4 is 13.7 Å². The summed E-state index contributed by atoms with van der Waals surface area (Å²) in [5.74, 6) is -0.0946. The lowest BCUT2D eigenvalue weighted by molar-refractivity contribution is -0.145. The average molecular weight is 574 g/mol. The lowest BCUT2D eigenvalue weighted by Crippen LogP contribution is -2.43. The van der Waals surface area contributed by atoms with Crippen molar-refractivity contribution in [3.05, 3.63) is 57.4 Å². The van der Waals surface area contributed by atoms with Gasteiger partial charge in [0, 0.05) is 12.3 Å². The third-order valence-electron chi connectivity index (χ3n) is 5.96. The van der Waals surface area contributed by atoms with Crippen molar-refractivity contribution in [2.75, 3.05) is 20.3 Å². The molecule has 0 amide bonds. The molecule has 2 heterocycles. The molecule has 0 bridgehead atoms. The van der Waals surface area contributed by atoms with Crippen LogP contribution in [0.5, 0.6) is 11.5 Å². The van der Waals surface area contributed by atoms with Crippen LogP contribution in [0, 0.1) is 0 Å². The number of carbonyl (C=O) groups is 1. The van der Waals surface area contributed by atoms with Gasteiger partial charge in [-0.3, -0.25) is 23.7 Å². The number of aromatic nitrogens is 2. The summed E-state index contributed by atoms with van der Waals surface area (Å²) < 4.78 is 56.9. The number of halogens is 1. The third-order valence-corrected chi connectivity index (χ3v) is 7.61. The van der Waals surface area contributed by atoms with Crippen molar-refractivity contribution in [3.63, 3.8) is 0 Å². The minimum Gasteiger partial charge on any atom is -0.497 e. The SMILES string of the molecule is CCCCOC(=O)[C@H](C)NP(=O)(OC[C@H]1O[C@@H](n2ccc(=O)[nH]c2=O)C(C)(F)[C@@H]1O)Oc1ccc(OC)cc1. The monoisotopic (exact) mass is 573 g/mol. The molecule has 0 spiro atoms. The molecular formula is C24H33FN3O10P. The van der Waals surface area contributed by atoms with Gasteiger partial charge >= 0.3 is 19.4 Å². The van der Waals surface area contributed by atoms with Gasteiger partial charge in [0.25, 0.3) is 5.56 Å². The molecule has 0 radical (unpaired) electrons. The number of nitrogens with one attached hydrogen (secondary N) is 2. The number of esters is 1. The van der Waals surface area contributed by atoms with E-state index in [2.05, 4.69) is 5.09 Å². The van der Waals surface area contributed by atoms with Crippen LogP contribution >= 0.6 is 7.75 Å². The summed E-state index contributed by atoms with van der Waals surface area (Å²) in [6.45, 7) is 3.86. The number of benzene rings is 1. The van der Waals surface area contributed by atoms with Gasteiger partial charge in [-0.05, 0) is 44.5 Å². The summed E-state index contributed by atoms with van der Waals surface area (Å²) >= 11 is 0. The number of carbonyl (C=O) groups excluding carboxylic acids is 1. The summed E-state index contributed by atoms with van der Waals surface area (Å²) in [5, 5.41) is 13.1. The zero-order valence-electron chi connectivity index (χ0n) is 22.0. The Morgan fingerprint density at radius 1 is 1.28 bits per heavy atom. The third kappa shape index (κ3) is 7.55. The molecule has 13 nitrogen and oxygen atoms in total. The Morgan fingerprint density at radius 3 is 2.56 bits per heavy atom. The highest BCUT2D eigenvalue weighted by Gasteiger charge is 2.55. The maximum absolute atomic E-state index is 15.5. The van der Waals surface area contributed by atoms with Gasteiger partial charge in [0.15, 0.2) is 11.9 Å². The van der Waals surface area contributed by atoms with Crippen LogP contribution in [0.4, 0.5) is 4.39 Å². The van der Waals surface area contributed by atoms with E-state index in [9.17, 15) is 24.1 Å². The predicted octanol–water partition coefficient (Wildman–Crippen LogP) is 2.06. The second kappa shape index (κ2) is 12.9. The number of H-pyrrole nitrogens is 1. The largest absolute Gasteiger partial charge is 0.497 e. The molecule has 2 unspecified atom stereocenters. The number of ether oxygens (including phenoxy) is 3. The maximum atomic E-state index is 15.5. The summed E-state index contributed by atoms with van der Waals surface area (Å²) in [6, 6.07) is 5.88. The van der Waals surface area contributed by atoms with Gasteiger partial charge in [-0.2, -0.15) is 5.09 Å². The molecule has 216 valence electrons. The molecule has 3 rings (SSSR count). The zero-order chi connectivity index (χ0) is 28.8. The molecule has 1 aromatic carbocycles. The van der Waals surface area contributed by atoms with Crippen molar-refractivity contribution in [2.24, 2.45) is 0 Å². The number of methoxy groups -OCH3 is 1. The minimum absolute atomic E-state index is 0.0964. The van der Waals surface area contributed by atoms with Crippen LogP contribution in [-0.2, 0) is 23.4 Å². The lowest BCUT2D eigenvalue weighted by atomic mass is 9.98. The van der Waals surface area contributed by atoms with Crippen molar-refractivity contribution in [1.82, 2.24) is 14.6 Å². The Morgan fingerprint density at radius 2 is 1.95 bits per heavy atom. The quantitative estimate of drug-likeness (QED) is 0.182. The van der Waals surface area contributed by atoms with Crippen molar-refractivity contribution in [2.45, 2.75) is 63.8 Å². The predicted molar refractivity (Wildman–Crippen MR) is 136 cm³/mol. The van der Waals surface area contributed by atoms with Crippen LogP contribution in [0.2, 0.25) is 0 Å². The molecule has 1 aliphatic rings. The molecule has 0 saturated carbocycles. The fourth-order valence-electron chi connectivity index (χ4n) is 3.73. The van der Waals surface area contributed by atoms with Crippen LogP contribution in [0.25, 0.3) is 0 Å². The minimum atomic E-state index is -4.36. The van der Waals surface area contributed by atoms with Crippen molar-refractivity contribution < 1.29 is 42.1 Å². The molecule has 1 fully saturated rings. The molecule has 3 N–H and O–H groups in total. The smallest absolute Gasteiger partial charge is 0.459 e. The first-order chi connectivity index (χ1) is 18.4. The number of hydrogen-bond donors (Lipinski definition) is 3. The molecule has 2 aromatic rings. The van der Waals surface area contributed by atoms with E-state index in [1.807, 2.05) is 11.9 Å². The van der Waals surface area contributed by atoms with Crippen molar-refractivity contribution in [1.29, 1.82) is 0 Å². The van der Waals surface area contributed by atoms with Crippen LogP contribution in [0.1, 0.15) is 39.8 Å². The molecular weight excluding hydrogens is 540 g/mol. The van der Waals surface area contributed by atoms with E-state index in [1.165, 1.54) is 26.2 Å². The number of rotatable bonds is 13. The first kappa shape index (κ1) is 30.5. The number of aliphatic hydroxyl groups excluding tert-OH is 1. The van der Waals surface area contributed by atoms with Crippen LogP contribution < -0.4 is 25.6 Å². The molecule has 1 aromatic heterocycles. The standard InChI is InChI=1S/C24H33FN3O10P/c1-5-6-13-35-21(31)15(2)27-39(33,38-17-9-7-16(34-4)8-10-17)36-14-18-20(30)24(3,25)22(37-18)28-12-11-19(29)26-23(28)32/h7-12,15,18,20,22,30H,5-6,13-14H2,1-4H3,(H,27,33)(H,26,29,32)/t15-,18+,20+,22+,24?,39?/m0/s1. The van der Waals surface area contributed by atoms with E-state index < -0.39 is 61.7 Å². The van der Waals surface area contributed by atoms with Crippen molar-refractivity contribution in [3.8, 4) is 11.5 Å². The molecule has 39 heavy (non-hydrogen) atoms. The highest BCUT2D eigenvalue weighted by molar-refractivity contribution is 7.52. The Balaban J connectivity index is 1.79. The van der Waals surface area contributed by atoms with Crippen LogP contribution in [0.15, 0.2) is 46.1 Å². The molecule has 6 atom stereocenters. The van der Waals surface area contributed by atoms with E-state index >= 15 is 4.39 Å². The van der Waals surface area contributed by atoms with Crippen LogP contribution in [-0.4, -0.2) is 64.9 Å². The number of hydrogen-bond acceptors (Lipinski definition) is 10. The normalized spacial score (nSPS) is 25.0. The molecule has 15 heteroatoms. The Bertz CT molecular complexity index is 1280. The highest BCUT2D eigenvalue weighted by Crippen LogP contribution is 2.47. The number of nitrogens with zero attached hydrogens (tertiary/aromatic N) is 1. The van der Waals surface area contributed by atoms with Gasteiger partial charge in [-0.1, -0.05) is 13.3 Å². The van der Waals surface area contributed by atoms with Gasteiger partial charge in [0.1, 0.15) is 29.7 Å². The van der Waals surface area contributed by atoms with E-state index in [0.717, 1.165) is 30.2 Å². The number of alkyl halides is 1. The number of aromatic amines is 1. The first-order valence-electron chi connectivity index (χ1n) is 12.3. The highest BCUT2D eigenvalue weighted by atomic mass is 31.2. The fraction of sp³-hybridized carbons (Fsp3) is 0.542. The molecule has 1 aliphatic heterocycles. The first-order valence-corrected chi connectivity index (χ1v) is 13.8. The maximum Gasteiger partial charge on any atom is 0.459 e. The summed E-state index contributed by atoms with van der Waals surface area (Å²) in [4.78, 5) is 38.0. The lowest BCUT2D eigenvalue weighted by Gasteiger charge is -2.25. The Hall–Kier alpha value is -3.03. The molecule has 0 aliphatic carbocycles. The number of unbranched alkanes of at least 4 members (excludes halogenated alkanes) is 1. The Labute approximate surface area is 223 Å². The second-order valence-electron chi connectivity index (χ2n) is 9.07. The van der Waals surface area contributed by atoms with Gasteiger partial charge in [-0.15, -0.1) is 0 Å². The Kier molecular flexibility index (Phi) is 10.1. The van der Waals surface area contributed by atoms with Gasteiger partial charge in [-0.25, -0.2) is 13.8 Å². The van der Waals surface area contributed by atoms with E-state index in [1.54, 1.807) is 12.1 Å². The summed E-state index contributed by atoms with van der Waals surface area (Å²) in [7, 11) is -2.89. The van der Waals surface area contributed by atoms with E-state index in [0.29, 0.717) is 12.2 Å². The topological polar surface area (TPSA) is 167 Å². The fourth-order valence-corrected chi connectivity index (χ4v) is 5.23.